The molecule has 1 saturated heterocycles. The summed E-state index contributed by atoms with van der Waals surface area (Å²) in [7, 11) is 1.90. The number of esters is 2. The minimum Gasteiger partial charge on any atom is -0.508 e. The third-order valence-electron chi connectivity index (χ3n) is 10.8. The van der Waals surface area contributed by atoms with Gasteiger partial charge < -0.3 is 35.8 Å². The summed E-state index contributed by atoms with van der Waals surface area (Å²) in [5.74, 6) is -3.70. The number of rotatable bonds is 22. The molecule has 0 aliphatic carbocycles. The van der Waals surface area contributed by atoms with Crippen molar-refractivity contribution in [2.45, 2.75) is 137 Å². The molecule has 1 aromatic carbocycles. The van der Waals surface area contributed by atoms with Gasteiger partial charge in [0.1, 0.15) is 22.5 Å². The van der Waals surface area contributed by atoms with Crippen LogP contribution in [0.3, 0.4) is 0 Å². The Morgan fingerprint density at radius 2 is 1.72 bits per heavy atom. The fourth-order valence-electron chi connectivity index (χ4n) is 7.09. The van der Waals surface area contributed by atoms with E-state index in [1.807, 2.05) is 46.6 Å². The minimum absolute atomic E-state index is 0.0506. The summed E-state index contributed by atoms with van der Waals surface area (Å²) >= 11 is 1.12. The Balaban J connectivity index is 1.95. The van der Waals surface area contributed by atoms with E-state index in [0.29, 0.717) is 30.7 Å². The second kappa shape index (κ2) is 23.1. The zero-order valence-corrected chi connectivity index (χ0v) is 36.1. The first-order chi connectivity index (χ1) is 27.4. The molecule has 3 rings (SSSR count). The molecule has 0 bridgehead atoms. The lowest BCUT2D eigenvalue weighted by Gasteiger charge is -2.39. The molecule has 16 heteroatoms. The monoisotopic (exact) mass is 828 g/mol. The molecule has 15 nitrogen and oxygen atoms in total. The molecule has 0 spiro atoms. The third kappa shape index (κ3) is 14.4. The zero-order chi connectivity index (χ0) is 43.1. The van der Waals surface area contributed by atoms with E-state index in [1.165, 1.54) is 11.8 Å². The normalized spacial score (nSPS) is 17.6. The molecule has 1 aromatic heterocycles. The maximum absolute atomic E-state index is 14.8. The van der Waals surface area contributed by atoms with Crippen molar-refractivity contribution >= 4 is 46.9 Å². The number of hydrogen-bond donors (Lipinski definition) is 4. The predicted octanol–water partition coefficient (Wildman–Crippen LogP) is 4.86. The molecule has 5 N–H and O–H groups in total. The first-order valence-corrected chi connectivity index (χ1v) is 21.3. The van der Waals surface area contributed by atoms with Gasteiger partial charge in [0.15, 0.2) is 12.8 Å². The molecule has 2 aromatic rings. The van der Waals surface area contributed by atoms with E-state index >= 15 is 0 Å². The lowest BCUT2D eigenvalue weighted by molar-refractivity contribution is -0.160. The van der Waals surface area contributed by atoms with Gasteiger partial charge in [-0.15, -0.1) is 11.3 Å². The molecular weight excluding hydrogens is 765 g/mol. The Hall–Kier alpha value is -4.57. The van der Waals surface area contributed by atoms with Gasteiger partial charge in [-0.25, -0.2) is 4.98 Å². The number of nitrogens with zero attached hydrogens (tertiary/aromatic N) is 3. The number of benzene rings is 1. The summed E-state index contributed by atoms with van der Waals surface area (Å²) in [6, 6.07) is 4.07. The number of phenolic OH excluding ortho intramolecular Hbond substituents is 1. The summed E-state index contributed by atoms with van der Waals surface area (Å²) in [5.41, 5.74) is 6.44. The van der Waals surface area contributed by atoms with Crippen molar-refractivity contribution in [1.29, 1.82) is 0 Å². The lowest BCUT2D eigenvalue weighted by Crippen LogP contribution is -2.59. The summed E-state index contributed by atoms with van der Waals surface area (Å²) in [6.07, 6.45) is 3.55. The number of nitrogens with two attached hydrogens (primary N) is 1. The van der Waals surface area contributed by atoms with Crippen LogP contribution in [0.1, 0.15) is 127 Å². The topological polar surface area (TPSA) is 211 Å². The number of hydrogen-bond acceptors (Lipinski definition) is 12. The van der Waals surface area contributed by atoms with Crippen molar-refractivity contribution in [3.63, 3.8) is 0 Å². The molecule has 1 aliphatic rings. The van der Waals surface area contributed by atoms with Gasteiger partial charge in [0.25, 0.3) is 5.91 Å². The average molecular weight is 829 g/mol. The van der Waals surface area contributed by atoms with E-state index in [-0.39, 0.29) is 61.2 Å². The first kappa shape index (κ1) is 47.8. The molecule has 7 atom stereocenters. The quantitative estimate of drug-likeness (QED) is 0.0930. The van der Waals surface area contributed by atoms with Crippen molar-refractivity contribution in [2.75, 3.05) is 20.3 Å². The van der Waals surface area contributed by atoms with Crippen LogP contribution in [-0.4, -0.2) is 99.9 Å². The lowest BCUT2D eigenvalue weighted by atomic mass is 9.92. The predicted molar refractivity (Wildman–Crippen MR) is 220 cm³/mol. The zero-order valence-electron chi connectivity index (χ0n) is 35.3. The van der Waals surface area contributed by atoms with Crippen LogP contribution >= 0.6 is 11.3 Å². The fourth-order valence-corrected chi connectivity index (χ4v) is 7.93. The number of amides is 4. The van der Waals surface area contributed by atoms with Gasteiger partial charge in [-0.05, 0) is 75.2 Å². The number of nitrogens with one attached hydrogen (secondary N) is 2. The molecule has 322 valence electrons. The number of aromatic nitrogens is 1. The second-order valence-electron chi connectivity index (χ2n) is 15.9. The number of piperidine rings is 1. The van der Waals surface area contributed by atoms with Crippen LogP contribution in [-0.2, 0) is 39.9 Å². The average Bonchev–Trinajstić information content (AvgIpc) is 3.67. The Kier molecular flexibility index (Phi) is 19.1. The van der Waals surface area contributed by atoms with Crippen LogP contribution in [0.4, 0.5) is 0 Å². The summed E-state index contributed by atoms with van der Waals surface area (Å²) < 4.78 is 11.5. The highest BCUT2D eigenvalue weighted by Gasteiger charge is 2.39. The Morgan fingerprint density at radius 1 is 1.03 bits per heavy atom. The highest BCUT2D eigenvalue weighted by molar-refractivity contribution is 7.09. The minimum atomic E-state index is -0.992. The van der Waals surface area contributed by atoms with Crippen molar-refractivity contribution in [1.82, 2.24) is 25.4 Å². The van der Waals surface area contributed by atoms with Crippen LogP contribution in [0.5, 0.6) is 5.75 Å². The number of likely N-dealkylation sites (N-methyl/N-ethyl adjacent to an activating group) is 1. The van der Waals surface area contributed by atoms with Gasteiger partial charge in [-0.1, -0.05) is 66.5 Å². The highest BCUT2D eigenvalue weighted by Crippen LogP contribution is 2.32. The van der Waals surface area contributed by atoms with Crippen molar-refractivity contribution < 1.29 is 43.3 Å². The van der Waals surface area contributed by atoms with Crippen LogP contribution in [0.15, 0.2) is 29.6 Å². The Labute approximate surface area is 346 Å². The van der Waals surface area contributed by atoms with E-state index in [9.17, 15) is 33.9 Å². The summed E-state index contributed by atoms with van der Waals surface area (Å²) in [4.78, 5) is 87.4. The van der Waals surface area contributed by atoms with E-state index in [0.717, 1.165) is 36.3 Å². The molecule has 1 aliphatic heterocycles. The second-order valence-corrected chi connectivity index (χ2v) is 16.8. The Morgan fingerprint density at radius 3 is 2.31 bits per heavy atom. The third-order valence-corrected chi connectivity index (χ3v) is 11.7. The molecule has 1 unspecified atom stereocenters. The number of ether oxygens (including phenoxy) is 2. The standard InChI is InChI=1S/C42H64N6O9S/c1-9-13-36(51)56-24-48(42(55)37(26(5)10-2)46-40(54)33-14-11-12-19-47(33)8)34(25(3)4)22-35(57-28(7)49)41-45-32(23-58-41)39(53)44-30(20-27(6)38(43)52)21-29-15-17-31(50)18-16-29/h15-18,23,25-27,30,33-35,37,50H,9-14,19-22,24H2,1-8H3,(H2,43,52)(H,44,53)(H,46,54)/t26?,27-,30+,33+,34+,35+,37-/m0/s1. The van der Waals surface area contributed by atoms with Gasteiger partial charge in [0.05, 0.1) is 6.04 Å². The summed E-state index contributed by atoms with van der Waals surface area (Å²) in [5, 5.41) is 17.6. The number of likely N-dealkylation sites (tertiary alicyclic amines) is 1. The largest absolute Gasteiger partial charge is 0.508 e. The van der Waals surface area contributed by atoms with Crippen molar-refractivity contribution in [3.05, 3.63) is 45.9 Å². The van der Waals surface area contributed by atoms with Crippen molar-refractivity contribution in [3.8, 4) is 5.75 Å². The number of primary amides is 1. The van der Waals surface area contributed by atoms with E-state index in [2.05, 4.69) is 15.6 Å². The molecule has 1 fully saturated rings. The van der Waals surface area contributed by atoms with Crippen LogP contribution in [0.25, 0.3) is 0 Å². The van der Waals surface area contributed by atoms with E-state index in [1.54, 1.807) is 36.6 Å². The molecule has 2 heterocycles. The number of phenols is 1. The first-order valence-electron chi connectivity index (χ1n) is 20.4. The number of carbonyl (C=O) groups excluding carboxylic acids is 6. The molecule has 4 amide bonds. The number of aromatic hydroxyl groups is 1. The fraction of sp³-hybridized carbons (Fsp3) is 0.643. The maximum atomic E-state index is 14.8. The van der Waals surface area contributed by atoms with Crippen LogP contribution < -0.4 is 16.4 Å². The van der Waals surface area contributed by atoms with Gasteiger partial charge in [0.2, 0.25) is 17.7 Å². The maximum Gasteiger partial charge on any atom is 0.307 e. The highest BCUT2D eigenvalue weighted by atomic mass is 32.1. The number of carbonyl (C=O) groups is 6. The van der Waals surface area contributed by atoms with Crippen LogP contribution in [0.2, 0.25) is 0 Å². The smallest absolute Gasteiger partial charge is 0.307 e. The Bertz CT molecular complexity index is 1680. The summed E-state index contributed by atoms with van der Waals surface area (Å²) in [6.45, 7) is 12.8. The molecule has 0 radical (unpaired) electrons. The number of thiazole rings is 1. The molecule has 58 heavy (non-hydrogen) atoms. The molecule has 0 saturated carbocycles. The van der Waals surface area contributed by atoms with Gasteiger partial charge in [-0.2, -0.15) is 0 Å². The van der Waals surface area contributed by atoms with E-state index < -0.39 is 59.8 Å². The SMILES string of the molecule is CCCC(=O)OCN(C(=O)[C@@H](NC(=O)[C@H]1CCCCN1C)C(C)CC)[C@H](C[C@@H](OC(C)=O)c1nc(C(=O)N[C@@H](Cc2ccc(O)cc2)C[C@H](C)C(N)=O)cs1)C(C)C. The van der Waals surface area contributed by atoms with Gasteiger partial charge >= 0.3 is 11.9 Å². The van der Waals surface area contributed by atoms with Gasteiger partial charge in [-0.3, -0.25) is 33.7 Å². The molecular formula is C42H64N6O9S. The van der Waals surface area contributed by atoms with Crippen LogP contribution in [0, 0.1) is 17.8 Å². The van der Waals surface area contributed by atoms with Gasteiger partial charge in [0, 0.05) is 43.1 Å². The van der Waals surface area contributed by atoms with Crippen molar-refractivity contribution in [2.24, 2.45) is 23.5 Å². The van der Waals surface area contributed by atoms with E-state index in [4.69, 9.17) is 15.2 Å².